The first kappa shape index (κ1) is 24.8. The number of halogens is 2. The topological polar surface area (TPSA) is 98.1 Å². The Hall–Kier alpha value is -4.34. The third kappa shape index (κ3) is 5.48. The van der Waals surface area contributed by atoms with Crippen LogP contribution in [0.4, 0.5) is 14.6 Å². The van der Waals surface area contributed by atoms with Gasteiger partial charge >= 0.3 is 0 Å². The van der Waals surface area contributed by atoms with Crippen molar-refractivity contribution in [3.8, 4) is 5.75 Å². The van der Waals surface area contributed by atoms with Gasteiger partial charge in [0.05, 0.1) is 13.7 Å². The number of nitrogens with one attached hydrogen (secondary N) is 2. The summed E-state index contributed by atoms with van der Waals surface area (Å²) in [6.07, 6.45) is 4.78. The number of carbonyl (C=O) groups excluding carboxylic acids is 1. The number of benzene rings is 2. The van der Waals surface area contributed by atoms with E-state index in [4.69, 9.17) is 4.74 Å². The Balaban J connectivity index is 1.44. The third-order valence-corrected chi connectivity index (χ3v) is 5.75. The zero-order valence-electron chi connectivity index (χ0n) is 19.8. The lowest BCUT2D eigenvalue weighted by molar-refractivity contribution is -0.121. The largest absolute Gasteiger partial charge is 0.497 e. The molecule has 4 aromatic rings. The molecule has 10 heteroatoms. The van der Waals surface area contributed by atoms with Crippen LogP contribution in [0.1, 0.15) is 16.8 Å². The summed E-state index contributed by atoms with van der Waals surface area (Å²) in [6.45, 7) is 0.701. The molecule has 0 spiro atoms. The Bertz CT molecular complexity index is 1450. The van der Waals surface area contributed by atoms with Crippen LogP contribution in [-0.2, 0) is 23.8 Å². The van der Waals surface area contributed by atoms with E-state index in [1.54, 1.807) is 25.4 Å². The fraction of sp³-hybridized carbons (Fsp3) is 0.231. The number of hydrogen-bond acceptors (Lipinski definition) is 6. The Morgan fingerprint density at radius 1 is 1.11 bits per heavy atom. The van der Waals surface area contributed by atoms with Gasteiger partial charge in [0.25, 0.3) is 11.5 Å². The number of nitrogens with zero attached hydrogens (tertiary/aromatic N) is 3. The van der Waals surface area contributed by atoms with Gasteiger partial charge in [-0.3, -0.25) is 19.1 Å². The summed E-state index contributed by atoms with van der Waals surface area (Å²) >= 11 is 0. The summed E-state index contributed by atoms with van der Waals surface area (Å²) in [7, 11) is 1.39. The summed E-state index contributed by atoms with van der Waals surface area (Å²) in [4.78, 5) is 33.7. The molecule has 0 unspecified atom stereocenters. The molecule has 0 saturated carbocycles. The van der Waals surface area contributed by atoms with E-state index < -0.39 is 23.9 Å². The van der Waals surface area contributed by atoms with Crippen molar-refractivity contribution >= 4 is 22.5 Å². The number of methoxy groups -OCH3 is 1. The lowest BCUT2D eigenvalue weighted by atomic mass is 10.1. The molecule has 0 saturated heterocycles. The first-order valence-corrected chi connectivity index (χ1v) is 11.2. The summed E-state index contributed by atoms with van der Waals surface area (Å²) in [5.41, 5.74) is 0.331. The lowest BCUT2D eigenvalue weighted by Gasteiger charge is -2.19. The first-order chi connectivity index (χ1) is 17.3. The number of anilines is 1. The van der Waals surface area contributed by atoms with Crippen molar-refractivity contribution in [2.24, 2.45) is 0 Å². The Morgan fingerprint density at radius 2 is 1.92 bits per heavy atom. The fourth-order valence-corrected chi connectivity index (χ4v) is 3.75. The number of amides is 1. The Labute approximate surface area is 206 Å². The highest BCUT2D eigenvalue weighted by molar-refractivity contribution is 5.85. The predicted molar refractivity (Wildman–Crippen MR) is 132 cm³/mol. The number of rotatable bonds is 9. The maximum Gasteiger partial charge on any atom is 0.293 e. The highest BCUT2D eigenvalue weighted by atomic mass is 19.3. The van der Waals surface area contributed by atoms with Gasteiger partial charge in [-0.1, -0.05) is 36.4 Å². The Kier molecular flexibility index (Phi) is 7.23. The molecule has 2 N–H and O–H groups in total. The molecule has 0 aliphatic rings. The number of ether oxygens (including phenoxy) is 1. The van der Waals surface area contributed by atoms with Crippen molar-refractivity contribution in [3.63, 3.8) is 0 Å². The second kappa shape index (κ2) is 10.5. The minimum atomic E-state index is -3.29. The molecular formula is C26H25F2N5O3. The van der Waals surface area contributed by atoms with Crippen molar-refractivity contribution in [1.82, 2.24) is 19.9 Å². The smallest absolute Gasteiger partial charge is 0.293 e. The molecule has 0 fully saturated rings. The first-order valence-electron chi connectivity index (χ1n) is 11.2. The minimum absolute atomic E-state index is 0.226. The monoisotopic (exact) mass is 493 g/mol. The molecule has 0 radical (unpaired) electrons. The zero-order valence-corrected chi connectivity index (χ0v) is 19.8. The highest BCUT2D eigenvalue weighted by Crippen LogP contribution is 2.30. The quantitative estimate of drug-likeness (QED) is 0.370. The third-order valence-electron chi connectivity index (χ3n) is 5.75. The van der Waals surface area contributed by atoms with Crippen molar-refractivity contribution < 1.29 is 18.3 Å². The van der Waals surface area contributed by atoms with E-state index in [2.05, 4.69) is 20.6 Å². The maximum atomic E-state index is 14.7. The fourth-order valence-electron chi connectivity index (χ4n) is 3.75. The molecule has 0 atom stereocenters. The molecule has 2 aromatic heterocycles. The average Bonchev–Trinajstić information content (AvgIpc) is 2.89. The van der Waals surface area contributed by atoms with Crippen LogP contribution in [0.2, 0.25) is 0 Å². The number of hydrogen-bond donors (Lipinski definition) is 2. The van der Waals surface area contributed by atoms with Crippen LogP contribution in [0.5, 0.6) is 5.75 Å². The summed E-state index contributed by atoms with van der Waals surface area (Å²) in [5.74, 6) is -3.67. The number of aryl methyl sites for hydroxylation is 1. The standard InChI is InChI=1S/C26H25F2N5O3/c1-17-11-31-24(32-16-26(27,28)20-7-5-8-21(10-20)36-2)25(35)33(17)15-23(34)30-14-19-13-29-12-18-6-3-4-9-22(18)19/h3-13H,14-16H2,1-2H3,(H,30,34)(H,31,32). The van der Waals surface area contributed by atoms with Gasteiger partial charge in [0.1, 0.15) is 12.3 Å². The SMILES string of the molecule is COc1cccc(C(F)(F)CNc2ncc(C)n(CC(=O)NCc3cncc4ccccc34)c2=O)c1. The van der Waals surface area contributed by atoms with Crippen molar-refractivity contribution in [2.75, 3.05) is 19.0 Å². The van der Waals surface area contributed by atoms with Crippen LogP contribution in [0, 0.1) is 6.92 Å². The summed E-state index contributed by atoms with van der Waals surface area (Å²) in [5, 5.41) is 7.14. The van der Waals surface area contributed by atoms with Crippen molar-refractivity contribution in [3.05, 3.63) is 94.3 Å². The van der Waals surface area contributed by atoms with Crippen molar-refractivity contribution in [2.45, 2.75) is 25.9 Å². The molecule has 4 rings (SSSR count). The van der Waals surface area contributed by atoms with Gasteiger partial charge in [0, 0.05) is 41.8 Å². The number of fused-ring (bicyclic) bond motifs is 1. The van der Waals surface area contributed by atoms with Gasteiger partial charge in [-0.25, -0.2) is 4.98 Å². The minimum Gasteiger partial charge on any atom is -0.497 e. The summed E-state index contributed by atoms with van der Waals surface area (Å²) in [6, 6.07) is 13.2. The number of pyridine rings is 1. The van der Waals surface area contributed by atoms with E-state index >= 15 is 0 Å². The maximum absolute atomic E-state index is 14.7. The van der Waals surface area contributed by atoms with Gasteiger partial charge in [-0.2, -0.15) is 8.78 Å². The van der Waals surface area contributed by atoms with Crippen LogP contribution < -0.4 is 20.9 Å². The molecule has 2 aromatic carbocycles. The van der Waals surface area contributed by atoms with Crippen LogP contribution in [-0.4, -0.2) is 34.1 Å². The number of alkyl halides is 2. The van der Waals surface area contributed by atoms with Gasteiger partial charge in [0.2, 0.25) is 5.91 Å². The number of aromatic nitrogens is 3. The molecule has 0 aliphatic carbocycles. The van der Waals surface area contributed by atoms with Gasteiger partial charge < -0.3 is 15.4 Å². The van der Waals surface area contributed by atoms with Crippen LogP contribution >= 0.6 is 0 Å². The van der Waals surface area contributed by atoms with E-state index in [-0.39, 0.29) is 24.5 Å². The molecule has 8 nitrogen and oxygen atoms in total. The van der Waals surface area contributed by atoms with E-state index in [0.717, 1.165) is 16.3 Å². The van der Waals surface area contributed by atoms with E-state index in [0.29, 0.717) is 11.4 Å². The van der Waals surface area contributed by atoms with Gasteiger partial charge in [-0.05, 0) is 30.0 Å². The highest BCUT2D eigenvalue weighted by Gasteiger charge is 2.32. The van der Waals surface area contributed by atoms with E-state index in [1.807, 2.05) is 24.3 Å². The average molecular weight is 494 g/mol. The summed E-state index contributed by atoms with van der Waals surface area (Å²) < 4.78 is 35.7. The van der Waals surface area contributed by atoms with Crippen molar-refractivity contribution in [1.29, 1.82) is 0 Å². The molecule has 1 amide bonds. The second-order valence-electron chi connectivity index (χ2n) is 8.23. The van der Waals surface area contributed by atoms with E-state index in [1.165, 1.54) is 36.1 Å². The second-order valence-corrected chi connectivity index (χ2v) is 8.23. The van der Waals surface area contributed by atoms with Gasteiger partial charge in [0.15, 0.2) is 5.82 Å². The lowest BCUT2D eigenvalue weighted by Crippen LogP contribution is -2.35. The molecule has 0 aliphatic heterocycles. The van der Waals surface area contributed by atoms with Crippen LogP contribution in [0.3, 0.4) is 0 Å². The zero-order chi connectivity index (χ0) is 25.7. The Morgan fingerprint density at radius 3 is 2.72 bits per heavy atom. The van der Waals surface area contributed by atoms with E-state index in [9.17, 15) is 18.4 Å². The normalized spacial score (nSPS) is 11.3. The predicted octanol–water partition coefficient (Wildman–Crippen LogP) is 3.63. The molecule has 36 heavy (non-hydrogen) atoms. The van der Waals surface area contributed by atoms with Crippen LogP contribution in [0.15, 0.2) is 71.9 Å². The molecule has 0 bridgehead atoms. The number of carbonyl (C=O) groups is 1. The molecule has 186 valence electrons. The molecular weight excluding hydrogens is 468 g/mol. The van der Waals surface area contributed by atoms with Crippen LogP contribution in [0.25, 0.3) is 10.8 Å². The van der Waals surface area contributed by atoms with Gasteiger partial charge in [-0.15, -0.1) is 0 Å². The molecule has 2 heterocycles.